The molecule has 2 nitrogen and oxygen atoms in total. The van der Waals surface area contributed by atoms with Crippen molar-refractivity contribution in [3.05, 3.63) is 22.2 Å². The fourth-order valence-electron chi connectivity index (χ4n) is 1.34. The van der Waals surface area contributed by atoms with Crippen molar-refractivity contribution in [1.82, 2.24) is 9.97 Å². The zero-order chi connectivity index (χ0) is 10.9. The summed E-state index contributed by atoms with van der Waals surface area (Å²) < 4.78 is 0. The molecule has 0 aliphatic heterocycles. The van der Waals surface area contributed by atoms with Crippen LogP contribution in [-0.2, 0) is 0 Å². The first-order chi connectivity index (χ1) is 6.43. The highest BCUT2D eigenvalue weighted by Gasteiger charge is 2.13. The Labute approximate surface area is 90.7 Å². The van der Waals surface area contributed by atoms with Gasteiger partial charge >= 0.3 is 0 Å². The molecule has 14 heavy (non-hydrogen) atoms. The first-order valence-electron chi connectivity index (χ1n) is 4.97. The van der Waals surface area contributed by atoms with E-state index in [1.54, 1.807) is 0 Å². The van der Waals surface area contributed by atoms with Crippen LogP contribution in [0.2, 0.25) is 5.15 Å². The summed E-state index contributed by atoms with van der Waals surface area (Å²) in [4.78, 5) is 8.81. The van der Waals surface area contributed by atoms with Gasteiger partial charge in [-0.05, 0) is 12.8 Å². The van der Waals surface area contributed by atoms with Crippen LogP contribution in [0, 0.1) is 6.92 Å². The maximum Gasteiger partial charge on any atom is 0.135 e. The maximum atomic E-state index is 6.06. The minimum absolute atomic E-state index is 0.325. The molecule has 1 heterocycles. The van der Waals surface area contributed by atoms with Gasteiger partial charge in [0.2, 0.25) is 0 Å². The minimum atomic E-state index is 0.325. The lowest BCUT2D eigenvalue weighted by Gasteiger charge is -2.13. The molecule has 0 bridgehead atoms. The van der Waals surface area contributed by atoms with Gasteiger partial charge in [-0.1, -0.05) is 39.3 Å². The Kier molecular flexibility index (Phi) is 3.48. The topological polar surface area (TPSA) is 25.8 Å². The largest absolute Gasteiger partial charge is 0.237 e. The Balaban J connectivity index is 3.28. The van der Waals surface area contributed by atoms with Crippen LogP contribution >= 0.6 is 11.6 Å². The number of nitrogens with zero attached hydrogens (tertiary/aromatic N) is 2. The highest BCUT2D eigenvalue weighted by molar-refractivity contribution is 6.30. The molecule has 0 N–H and O–H groups in total. The molecule has 0 saturated heterocycles. The summed E-state index contributed by atoms with van der Waals surface area (Å²) >= 11 is 6.06. The number of hydrogen-bond acceptors (Lipinski definition) is 2. The first-order valence-corrected chi connectivity index (χ1v) is 5.35. The first kappa shape index (κ1) is 11.4. The van der Waals surface area contributed by atoms with E-state index in [0.29, 0.717) is 17.0 Å². The van der Waals surface area contributed by atoms with Crippen LogP contribution in [0.15, 0.2) is 0 Å². The van der Waals surface area contributed by atoms with Crippen molar-refractivity contribution in [3.8, 4) is 0 Å². The lowest BCUT2D eigenvalue weighted by Crippen LogP contribution is -2.06. The second kappa shape index (κ2) is 4.26. The summed E-state index contributed by atoms with van der Waals surface area (Å²) in [5, 5.41) is 0.590. The van der Waals surface area contributed by atoms with E-state index < -0.39 is 0 Å². The summed E-state index contributed by atoms with van der Waals surface area (Å²) in [7, 11) is 0. The van der Waals surface area contributed by atoms with Crippen molar-refractivity contribution in [2.24, 2.45) is 0 Å². The predicted octanol–water partition coefficient (Wildman–Crippen LogP) is 3.69. The van der Waals surface area contributed by atoms with Crippen LogP contribution in [-0.4, -0.2) is 9.97 Å². The van der Waals surface area contributed by atoms with Crippen LogP contribution in [0.25, 0.3) is 0 Å². The zero-order valence-corrected chi connectivity index (χ0v) is 10.2. The highest BCUT2D eigenvalue weighted by atomic mass is 35.5. The van der Waals surface area contributed by atoms with Gasteiger partial charge in [0.25, 0.3) is 0 Å². The average molecular weight is 213 g/mol. The standard InChI is InChI=1S/C11H17ClN2/c1-6(2)9-8(5)10(12)14-11(13-9)7(3)4/h6-7H,1-5H3. The molecule has 0 amide bonds. The summed E-state index contributed by atoms with van der Waals surface area (Å²) in [6.45, 7) is 10.4. The van der Waals surface area contributed by atoms with Crippen LogP contribution < -0.4 is 0 Å². The van der Waals surface area contributed by atoms with Crippen molar-refractivity contribution in [3.63, 3.8) is 0 Å². The Morgan fingerprint density at radius 2 is 1.57 bits per heavy atom. The smallest absolute Gasteiger partial charge is 0.135 e. The highest BCUT2D eigenvalue weighted by Crippen LogP contribution is 2.24. The SMILES string of the molecule is Cc1c(Cl)nc(C(C)C)nc1C(C)C. The van der Waals surface area contributed by atoms with Gasteiger partial charge in [0.15, 0.2) is 0 Å². The van der Waals surface area contributed by atoms with Gasteiger partial charge in [0.05, 0.1) is 5.69 Å². The van der Waals surface area contributed by atoms with Gasteiger partial charge in [-0.25, -0.2) is 9.97 Å². The van der Waals surface area contributed by atoms with Crippen LogP contribution in [0.3, 0.4) is 0 Å². The third-order valence-corrected chi connectivity index (χ3v) is 2.57. The van der Waals surface area contributed by atoms with E-state index in [2.05, 4.69) is 37.7 Å². The molecule has 3 heteroatoms. The van der Waals surface area contributed by atoms with E-state index in [9.17, 15) is 0 Å². The van der Waals surface area contributed by atoms with Gasteiger partial charge < -0.3 is 0 Å². The molecule has 0 aliphatic carbocycles. The molecule has 0 radical (unpaired) electrons. The Morgan fingerprint density at radius 1 is 1.00 bits per heavy atom. The summed E-state index contributed by atoms with van der Waals surface area (Å²) in [5.74, 6) is 1.56. The monoisotopic (exact) mass is 212 g/mol. The molecule has 0 aliphatic rings. The molecular formula is C11H17ClN2. The van der Waals surface area contributed by atoms with Gasteiger partial charge in [0.1, 0.15) is 11.0 Å². The fraction of sp³-hybridized carbons (Fsp3) is 0.636. The van der Waals surface area contributed by atoms with E-state index in [0.717, 1.165) is 17.1 Å². The second-order valence-electron chi connectivity index (χ2n) is 4.19. The molecule has 0 unspecified atom stereocenters. The quantitative estimate of drug-likeness (QED) is 0.699. The van der Waals surface area contributed by atoms with E-state index in [1.807, 2.05) is 6.92 Å². The number of halogens is 1. The van der Waals surface area contributed by atoms with Crippen molar-refractivity contribution >= 4 is 11.6 Å². The molecule has 0 aromatic carbocycles. The van der Waals surface area contributed by atoms with E-state index in [1.165, 1.54) is 0 Å². The lowest BCUT2D eigenvalue weighted by atomic mass is 10.1. The molecule has 78 valence electrons. The van der Waals surface area contributed by atoms with E-state index in [-0.39, 0.29) is 0 Å². The molecule has 1 aromatic rings. The third kappa shape index (κ3) is 2.24. The van der Waals surface area contributed by atoms with Gasteiger partial charge in [-0.15, -0.1) is 0 Å². The maximum absolute atomic E-state index is 6.06. The number of hydrogen-bond donors (Lipinski definition) is 0. The summed E-state index contributed by atoms with van der Waals surface area (Å²) in [5.41, 5.74) is 2.07. The average Bonchev–Trinajstić information content (AvgIpc) is 2.08. The Bertz CT molecular complexity index is 332. The summed E-state index contributed by atoms with van der Waals surface area (Å²) in [6.07, 6.45) is 0. The number of rotatable bonds is 2. The Hall–Kier alpha value is -0.630. The molecule has 0 saturated carbocycles. The van der Waals surface area contributed by atoms with Crippen molar-refractivity contribution in [2.75, 3.05) is 0 Å². The molecule has 0 fully saturated rings. The van der Waals surface area contributed by atoms with Crippen LogP contribution in [0.4, 0.5) is 0 Å². The van der Waals surface area contributed by atoms with Gasteiger partial charge in [-0.3, -0.25) is 0 Å². The minimum Gasteiger partial charge on any atom is -0.237 e. The Morgan fingerprint density at radius 3 is 2.00 bits per heavy atom. The molecule has 1 aromatic heterocycles. The van der Waals surface area contributed by atoms with Gasteiger partial charge in [0, 0.05) is 11.5 Å². The predicted molar refractivity (Wildman–Crippen MR) is 60.0 cm³/mol. The van der Waals surface area contributed by atoms with Crippen molar-refractivity contribution < 1.29 is 0 Å². The molecular weight excluding hydrogens is 196 g/mol. The van der Waals surface area contributed by atoms with Gasteiger partial charge in [-0.2, -0.15) is 0 Å². The van der Waals surface area contributed by atoms with E-state index >= 15 is 0 Å². The second-order valence-corrected chi connectivity index (χ2v) is 4.55. The van der Waals surface area contributed by atoms with Crippen LogP contribution in [0.1, 0.15) is 56.6 Å². The van der Waals surface area contributed by atoms with Crippen molar-refractivity contribution in [1.29, 1.82) is 0 Å². The normalized spacial score (nSPS) is 11.4. The summed E-state index contributed by atoms with van der Waals surface area (Å²) in [6, 6.07) is 0. The zero-order valence-electron chi connectivity index (χ0n) is 9.43. The lowest BCUT2D eigenvalue weighted by molar-refractivity contribution is 0.722. The number of aromatic nitrogens is 2. The van der Waals surface area contributed by atoms with E-state index in [4.69, 9.17) is 11.6 Å². The fourth-order valence-corrected chi connectivity index (χ4v) is 1.53. The third-order valence-electron chi connectivity index (χ3n) is 2.20. The molecule has 1 rings (SSSR count). The molecule has 0 spiro atoms. The molecule has 0 atom stereocenters. The van der Waals surface area contributed by atoms with Crippen molar-refractivity contribution in [2.45, 2.75) is 46.5 Å². The van der Waals surface area contributed by atoms with Crippen LogP contribution in [0.5, 0.6) is 0 Å².